The molecule has 20 heavy (non-hydrogen) atoms. The molecule has 2 aromatic heterocycles. The quantitative estimate of drug-likeness (QED) is 0.900. The van der Waals surface area contributed by atoms with Gasteiger partial charge < -0.3 is 10.1 Å². The fourth-order valence-electron chi connectivity index (χ4n) is 2.12. The van der Waals surface area contributed by atoms with Gasteiger partial charge in [-0.25, -0.2) is 4.98 Å². The van der Waals surface area contributed by atoms with E-state index < -0.39 is 0 Å². The minimum atomic E-state index is -0.0851. The average molecular weight is 267 g/mol. The first-order valence-corrected chi connectivity index (χ1v) is 6.22. The maximum Gasteiger partial charge on any atom is 0.253 e. The van der Waals surface area contributed by atoms with Crippen LogP contribution in [0.1, 0.15) is 21.6 Å². The molecule has 0 atom stereocenters. The smallest absolute Gasteiger partial charge is 0.253 e. The summed E-state index contributed by atoms with van der Waals surface area (Å²) in [6, 6.07) is 7.25. The second kappa shape index (κ2) is 5.13. The number of rotatable bonds is 2. The summed E-state index contributed by atoms with van der Waals surface area (Å²) in [6.07, 6.45) is 5.39. The molecule has 1 aliphatic heterocycles. The van der Waals surface area contributed by atoms with Crippen LogP contribution >= 0.6 is 0 Å². The number of carbonyl (C=O) groups is 1. The zero-order valence-corrected chi connectivity index (χ0v) is 11.0. The SMILES string of the molecule is COc1ccc(C=C2CNC(=O)c3cccnc32)cn1. The fraction of sp³-hybridized carbons (Fsp3) is 0.133. The standard InChI is InChI=1S/C15H13N3O2/c1-20-13-5-4-10(8-17-13)7-11-9-18-15(19)12-3-2-6-16-14(11)12/h2-8H,9H2,1H3,(H,18,19). The molecule has 5 nitrogen and oxygen atoms in total. The van der Waals surface area contributed by atoms with Crippen molar-refractivity contribution in [2.45, 2.75) is 0 Å². The van der Waals surface area contributed by atoms with Gasteiger partial charge in [0.2, 0.25) is 5.88 Å². The van der Waals surface area contributed by atoms with Crippen molar-refractivity contribution < 1.29 is 9.53 Å². The highest BCUT2D eigenvalue weighted by Gasteiger charge is 2.20. The molecular weight excluding hydrogens is 254 g/mol. The van der Waals surface area contributed by atoms with Crippen LogP contribution in [0.4, 0.5) is 0 Å². The van der Waals surface area contributed by atoms with Crippen molar-refractivity contribution in [2.75, 3.05) is 13.7 Å². The Labute approximate surface area is 116 Å². The molecule has 0 saturated carbocycles. The Hall–Kier alpha value is -2.69. The second-order valence-electron chi connectivity index (χ2n) is 4.39. The molecule has 0 spiro atoms. The van der Waals surface area contributed by atoms with Crippen LogP contribution in [0.25, 0.3) is 11.6 Å². The number of fused-ring (bicyclic) bond motifs is 1. The van der Waals surface area contributed by atoms with Crippen LogP contribution in [-0.2, 0) is 0 Å². The third kappa shape index (κ3) is 2.25. The Kier molecular flexibility index (Phi) is 3.16. The van der Waals surface area contributed by atoms with Crippen molar-refractivity contribution in [2.24, 2.45) is 0 Å². The van der Waals surface area contributed by atoms with Gasteiger partial charge in [-0.15, -0.1) is 0 Å². The minimum absolute atomic E-state index is 0.0851. The van der Waals surface area contributed by atoms with E-state index in [-0.39, 0.29) is 5.91 Å². The first-order valence-electron chi connectivity index (χ1n) is 6.22. The van der Waals surface area contributed by atoms with Gasteiger partial charge in [0, 0.05) is 25.0 Å². The number of hydrogen-bond donors (Lipinski definition) is 1. The highest BCUT2D eigenvalue weighted by Crippen LogP contribution is 2.23. The fourth-order valence-corrected chi connectivity index (χ4v) is 2.12. The lowest BCUT2D eigenvalue weighted by molar-refractivity contribution is 0.0954. The van der Waals surface area contributed by atoms with Gasteiger partial charge in [-0.2, -0.15) is 0 Å². The predicted octanol–water partition coefficient (Wildman–Crippen LogP) is 1.77. The molecule has 1 aliphatic rings. The molecule has 2 aromatic rings. The van der Waals surface area contributed by atoms with Crippen molar-refractivity contribution >= 4 is 17.6 Å². The lowest BCUT2D eigenvalue weighted by atomic mass is 10.00. The summed E-state index contributed by atoms with van der Waals surface area (Å²) < 4.78 is 5.03. The van der Waals surface area contributed by atoms with Gasteiger partial charge in [0.1, 0.15) is 0 Å². The first kappa shape index (κ1) is 12.3. The third-order valence-electron chi connectivity index (χ3n) is 3.11. The Morgan fingerprint density at radius 3 is 2.95 bits per heavy atom. The Morgan fingerprint density at radius 1 is 1.30 bits per heavy atom. The zero-order valence-electron chi connectivity index (χ0n) is 11.0. The summed E-state index contributed by atoms with van der Waals surface area (Å²) in [5.74, 6) is 0.487. The van der Waals surface area contributed by atoms with E-state index in [1.165, 1.54) is 0 Å². The molecule has 0 aliphatic carbocycles. The zero-order chi connectivity index (χ0) is 13.9. The topological polar surface area (TPSA) is 64.1 Å². The van der Waals surface area contributed by atoms with Gasteiger partial charge in [-0.3, -0.25) is 9.78 Å². The number of aromatic nitrogens is 2. The van der Waals surface area contributed by atoms with Crippen LogP contribution in [-0.4, -0.2) is 29.5 Å². The van der Waals surface area contributed by atoms with Gasteiger partial charge in [-0.05, 0) is 35.4 Å². The average Bonchev–Trinajstić information content (AvgIpc) is 2.51. The normalized spacial score (nSPS) is 15.7. The van der Waals surface area contributed by atoms with Gasteiger partial charge in [0.25, 0.3) is 5.91 Å². The molecule has 0 unspecified atom stereocenters. The molecular formula is C15H13N3O2. The number of nitrogens with one attached hydrogen (secondary N) is 1. The van der Waals surface area contributed by atoms with Crippen LogP contribution in [0, 0.1) is 0 Å². The molecule has 1 amide bonds. The van der Waals surface area contributed by atoms with E-state index in [1.54, 1.807) is 37.7 Å². The van der Waals surface area contributed by atoms with Crippen LogP contribution in [0.15, 0.2) is 36.7 Å². The monoisotopic (exact) mass is 267 g/mol. The number of nitrogens with zero attached hydrogens (tertiary/aromatic N) is 2. The lowest BCUT2D eigenvalue weighted by Crippen LogP contribution is -2.31. The van der Waals surface area contributed by atoms with Crippen molar-refractivity contribution in [1.29, 1.82) is 0 Å². The van der Waals surface area contributed by atoms with E-state index in [2.05, 4.69) is 15.3 Å². The highest BCUT2D eigenvalue weighted by atomic mass is 16.5. The van der Waals surface area contributed by atoms with Crippen LogP contribution < -0.4 is 10.1 Å². The maximum atomic E-state index is 11.8. The summed E-state index contributed by atoms with van der Waals surface area (Å²) >= 11 is 0. The maximum absolute atomic E-state index is 11.8. The largest absolute Gasteiger partial charge is 0.481 e. The summed E-state index contributed by atoms with van der Waals surface area (Å²) in [5.41, 5.74) is 3.24. The molecule has 0 saturated heterocycles. The Morgan fingerprint density at radius 2 is 2.20 bits per heavy atom. The minimum Gasteiger partial charge on any atom is -0.481 e. The number of pyridine rings is 2. The summed E-state index contributed by atoms with van der Waals surface area (Å²) in [7, 11) is 1.58. The second-order valence-corrected chi connectivity index (χ2v) is 4.39. The van der Waals surface area contributed by atoms with Crippen LogP contribution in [0.5, 0.6) is 5.88 Å². The molecule has 0 fully saturated rings. The number of ether oxygens (including phenoxy) is 1. The van der Waals surface area contributed by atoms with E-state index in [1.807, 2.05) is 12.1 Å². The number of amides is 1. The summed E-state index contributed by atoms with van der Waals surface area (Å²) in [5, 5.41) is 2.84. The summed E-state index contributed by atoms with van der Waals surface area (Å²) in [6.45, 7) is 0.467. The van der Waals surface area contributed by atoms with Gasteiger partial charge in [0.05, 0.1) is 18.4 Å². The van der Waals surface area contributed by atoms with E-state index in [0.717, 1.165) is 16.8 Å². The van der Waals surface area contributed by atoms with Crippen LogP contribution in [0.3, 0.4) is 0 Å². The van der Waals surface area contributed by atoms with E-state index in [4.69, 9.17) is 4.74 Å². The Bertz CT molecular complexity index is 678. The third-order valence-corrected chi connectivity index (χ3v) is 3.11. The molecule has 0 aromatic carbocycles. The van der Waals surface area contributed by atoms with Crippen LogP contribution in [0.2, 0.25) is 0 Å². The molecule has 1 N–H and O–H groups in total. The van der Waals surface area contributed by atoms with Crippen molar-refractivity contribution in [1.82, 2.24) is 15.3 Å². The van der Waals surface area contributed by atoms with E-state index in [9.17, 15) is 4.79 Å². The first-order chi connectivity index (χ1) is 9.78. The van der Waals surface area contributed by atoms with E-state index >= 15 is 0 Å². The predicted molar refractivity (Wildman–Crippen MR) is 75.2 cm³/mol. The molecule has 3 rings (SSSR count). The number of methoxy groups -OCH3 is 1. The molecule has 5 heteroatoms. The Balaban J connectivity index is 1.99. The number of carbonyl (C=O) groups excluding carboxylic acids is 1. The van der Waals surface area contributed by atoms with Crippen molar-refractivity contribution in [3.8, 4) is 5.88 Å². The van der Waals surface area contributed by atoms with Gasteiger partial charge in [0.15, 0.2) is 0 Å². The number of hydrogen-bond acceptors (Lipinski definition) is 4. The molecule has 0 radical (unpaired) electrons. The van der Waals surface area contributed by atoms with Gasteiger partial charge in [-0.1, -0.05) is 0 Å². The van der Waals surface area contributed by atoms with Gasteiger partial charge >= 0.3 is 0 Å². The summed E-state index contributed by atoms with van der Waals surface area (Å²) in [4.78, 5) is 20.2. The lowest BCUT2D eigenvalue weighted by Gasteiger charge is -2.18. The van der Waals surface area contributed by atoms with Crippen molar-refractivity contribution in [3.63, 3.8) is 0 Å². The van der Waals surface area contributed by atoms with E-state index in [0.29, 0.717) is 18.0 Å². The molecule has 3 heterocycles. The van der Waals surface area contributed by atoms with Crippen molar-refractivity contribution in [3.05, 3.63) is 53.5 Å². The highest BCUT2D eigenvalue weighted by molar-refractivity contribution is 6.04. The molecule has 0 bridgehead atoms. The molecule has 100 valence electrons.